The van der Waals surface area contributed by atoms with E-state index in [-0.39, 0.29) is 17.6 Å². The van der Waals surface area contributed by atoms with Crippen LogP contribution >= 0.6 is 11.3 Å². The van der Waals surface area contributed by atoms with Crippen molar-refractivity contribution in [2.75, 3.05) is 13.7 Å². The molecule has 1 aliphatic carbocycles. The van der Waals surface area contributed by atoms with Crippen LogP contribution in [0, 0.1) is 12.7 Å². The predicted molar refractivity (Wildman–Crippen MR) is 178 cm³/mol. The summed E-state index contributed by atoms with van der Waals surface area (Å²) in [5.74, 6) is 0.747. The van der Waals surface area contributed by atoms with Crippen molar-refractivity contribution in [1.82, 2.24) is 20.1 Å². The summed E-state index contributed by atoms with van der Waals surface area (Å²) in [7, 11) is 1.74. The van der Waals surface area contributed by atoms with Gasteiger partial charge in [0.05, 0.1) is 41.0 Å². The van der Waals surface area contributed by atoms with E-state index < -0.39 is 5.91 Å². The highest BCUT2D eigenvalue weighted by Gasteiger charge is 2.36. The quantitative estimate of drug-likeness (QED) is 0.187. The minimum absolute atomic E-state index is 0.119. The van der Waals surface area contributed by atoms with Crippen molar-refractivity contribution >= 4 is 23.2 Å². The average Bonchev–Trinajstić information content (AvgIpc) is 3.88. The maximum absolute atomic E-state index is 13.5. The van der Waals surface area contributed by atoms with Gasteiger partial charge in [-0.3, -0.25) is 14.6 Å². The van der Waals surface area contributed by atoms with E-state index in [0.29, 0.717) is 69.7 Å². The van der Waals surface area contributed by atoms with Crippen LogP contribution in [-0.2, 0) is 32.2 Å². The van der Waals surface area contributed by atoms with Gasteiger partial charge in [0, 0.05) is 23.9 Å². The Kier molecular flexibility index (Phi) is 9.44. The van der Waals surface area contributed by atoms with Crippen LogP contribution in [0.4, 0.5) is 4.39 Å². The summed E-state index contributed by atoms with van der Waals surface area (Å²) in [5.41, 5.74) is 12.4. The molecule has 0 atom stereocenters. The fraction of sp³-hybridized carbons (Fsp3) is 0.306. The molecule has 2 aromatic carbocycles. The standard InChI is InChI=1S/C26H24FN5O3S.C10H12O/c1-3-12-32-13-18-22(26(32)34)23(19-10-11-20(36-19)24(28)33)21(25-31-30-14(2)35-25)17(29-18)9-6-15-4-7-16(27)8-5-15;1-11-10-7-3-5-8-4-2-6-9(8)10/h4-5,7-8,10-11H,3,6,9,12-13H2,1-2H3,(H2,28,33);3,5,7H,2,4,6H2,1H3. The number of nitrogens with two attached hydrogens (primary N) is 1. The first kappa shape index (κ1) is 32.1. The number of rotatable bonds is 9. The summed E-state index contributed by atoms with van der Waals surface area (Å²) in [4.78, 5) is 33.2. The first-order valence-corrected chi connectivity index (χ1v) is 16.5. The highest BCUT2D eigenvalue weighted by molar-refractivity contribution is 7.17. The molecule has 242 valence electrons. The molecular weight excluding hydrogens is 617 g/mol. The molecule has 0 saturated heterocycles. The van der Waals surface area contributed by atoms with Gasteiger partial charge in [-0.2, -0.15) is 0 Å². The van der Waals surface area contributed by atoms with Crippen LogP contribution < -0.4 is 10.5 Å². The Hall–Kier alpha value is -4.90. The van der Waals surface area contributed by atoms with Crippen LogP contribution in [0.3, 0.4) is 0 Å². The first-order valence-electron chi connectivity index (χ1n) is 15.7. The lowest BCUT2D eigenvalue weighted by atomic mass is 9.94. The predicted octanol–water partition coefficient (Wildman–Crippen LogP) is 6.74. The minimum Gasteiger partial charge on any atom is -0.496 e. The third kappa shape index (κ3) is 6.66. The molecule has 47 heavy (non-hydrogen) atoms. The van der Waals surface area contributed by atoms with Gasteiger partial charge in [0.25, 0.3) is 11.8 Å². The van der Waals surface area contributed by atoms with Crippen molar-refractivity contribution in [3.8, 4) is 27.6 Å². The molecule has 5 aromatic rings. The number of carbonyl (C=O) groups is 2. The smallest absolute Gasteiger partial charge is 0.258 e. The summed E-state index contributed by atoms with van der Waals surface area (Å²) in [5, 5.41) is 8.26. The Balaban J connectivity index is 0.000000295. The van der Waals surface area contributed by atoms with E-state index in [1.54, 1.807) is 43.2 Å². The zero-order chi connectivity index (χ0) is 33.1. The summed E-state index contributed by atoms with van der Waals surface area (Å²) in [6.45, 7) is 4.71. The van der Waals surface area contributed by atoms with Gasteiger partial charge in [-0.1, -0.05) is 31.2 Å². The van der Waals surface area contributed by atoms with E-state index in [1.165, 1.54) is 53.9 Å². The third-order valence-corrected chi connectivity index (χ3v) is 9.52. The second-order valence-corrected chi connectivity index (χ2v) is 12.7. The van der Waals surface area contributed by atoms with Crippen molar-refractivity contribution in [3.05, 3.63) is 105 Å². The zero-order valence-corrected chi connectivity index (χ0v) is 27.5. The van der Waals surface area contributed by atoms with Crippen LogP contribution in [0.15, 0.2) is 59.0 Å². The van der Waals surface area contributed by atoms with E-state index in [0.717, 1.165) is 17.7 Å². The lowest BCUT2D eigenvalue weighted by Gasteiger charge is -2.15. The number of aryl methyl sites for hydroxylation is 4. The fourth-order valence-corrected chi connectivity index (χ4v) is 7.16. The van der Waals surface area contributed by atoms with Gasteiger partial charge in [-0.25, -0.2) is 4.39 Å². The van der Waals surface area contributed by atoms with Gasteiger partial charge in [-0.15, -0.1) is 21.5 Å². The van der Waals surface area contributed by atoms with E-state index in [1.807, 2.05) is 13.0 Å². The average molecular weight is 654 g/mol. The molecule has 0 unspecified atom stereocenters. The second kappa shape index (κ2) is 13.8. The number of primary amides is 1. The topological polar surface area (TPSA) is 124 Å². The molecule has 2 amide bonds. The first-order chi connectivity index (χ1) is 22.8. The molecule has 2 aliphatic rings. The normalized spacial score (nSPS) is 13.3. The Morgan fingerprint density at radius 1 is 1.04 bits per heavy atom. The zero-order valence-electron chi connectivity index (χ0n) is 26.6. The highest BCUT2D eigenvalue weighted by Crippen LogP contribution is 2.43. The molecule has 2 N–H and O–H groups in total. The van der Waals surface area contributed by atoms with Gasteiger partial charge < -0.3 is 19.8 Å². The van der Waals surface area contributed by atoms with E-state index in [2.05, 4.69) is 22.3 Å². The summed E-state index contributed by atoms with van der Waals surface area (Å²) in [6, 6.07) is 16.1. The summed E-state index contributed by atoms with van der Waals surface area (Å²) >= 11 is 1.21. The molecular formula is C36H36FN5O4S. The number of hydrogen-bond donors (Lipinski definition) is 1. The number of fused-ring (bicyclic) bond motifs is 2. The molecule has 3 aromatic heterocycles. The van der Waals surface area contributed by atoms with Gasteiger partial charge in [0.15, 0.2) is 0 Å². The van der Waals surface area contributed by atoms with Crippen molar-refractivity contribution in [2.45, 2.75) is 58.9 Å². The minimum atomic E-state index is -0.539. The van der Waals surface area contributed by atoms with Gasteiger partial charge >= 0.3 is 0 Å². The maximum atomic E-state index is 13.5. The molecule has 0 fully saturated rings. The second-order valence-electron chi connectivity index (χ2n) is 11.6. The van der Waals surface area contributed by atoms with Crippen LogP contribution in [0.25, 0.3) is 21.9 Å². The molecule has 0 bridgehead atoms. The maximum Gasteiger partial charge on any atom is 0.258 e. The molecule has 0 saturated carbocycles. The number of pyridine rings is 1. The number of halogens is 1. The Morgan fingerprint density at radius 3 is 2.53 bits per heavy atom. The van der Waals surface area contributed by atoms with Crippen molar-refractivity contribution in [2.24, 2.45) is 5.73 Å². The van der Waals surface area contributed by atoms with E-state index in [4.69, 9.17) is 19.9 Å². The van der Waals surface area contributed by atoms with Crippen molar-refractivity contribution in [3.63, 3.8) is 0 Å². The number of benzene rings is 2. The Morgan fingerprint density at radius 2 is 1.85 bits per heavy atom. The Bertz CT molecular complexity index is 1930. The highest BCUT2D eigenvalue weighted by atomic mass is 32.1. The van der Waals surface area contributed by atoms with Crippen LogP contribution in [-0.4, -0.2) is 45.6 Å². The summed E-state index contributed by atoms with van der Waals surface area (Å²) < 4.78 is 24.5. The third-order valence-electron chi connectivity index (χ3n) is 8.40. The SMILES string of the molecule is CCCN1Cc2nc(CCc3ccc(F)cc3)c(-c3nnc(C)o3)c(-c3ccc(C(N)=O)s3)c2C1=O.COc1cccc2c1CCC2. The van der Waals surface area contributed by atoms with Crippen LogP contribution in [0.5, 0.6) is 5.75 Å². The monoisotopic (exact) mass is 653 g/mol. The number of methoxy groups -OCH3 is 1. The molecule has 9 nitrogen and oxygen atoms in total. The van der Waals surface area contributed by atoms with E-state index >= 15 is 0 Å². The molecule has 0 spiro atoms. The number of carbonyl (C=O) groups excluding carboxylic acids is 2. The molecule has 11 heteroatoms. The van der Waals surface area contributed by atoms with Crippen molar-refractivity contribution in [1.29, 1.82) is 0 Å². The molecule has 0 radical (unpaired) electrons. The molecule has 1 aliphatic heterocycles. The number of ether oxygens (including phenoxy) is 1. The number of hydrogen-bond acceptors (Lipinski definition) is 8. The number of nitrogens with zero attached hydrogens (tertiary/aromatic N) is 4. The molecule has 4 heterocycles. The van der Waals surface area contributed by atoms with Gasteiger partial charge in [0.1, 0.15) is 11.6 Å². The Labute approximate surface area is 276 Å². The number of amides is 2. The van der Waals surface area contributed by atoms with Gasteiger partial charge in [-0.05, 0) is 85.5 Å². The largest absolute Gasteiger partial charge is 0.496 e. The summed E-state index contributed by atoms with van der Waals surface area (Å²) in [6.07, 6.45) is 5.61. The number of thiophene rings is 1. The lowest BCUT2D eigenvalue weighted by Crippen LogP contribution is -2.24. The number of aromatic nitrogens is 3. The van der Waals surface area contributed by atoms with Crippen LogP contribution in [0.2, 0.25) is 0 Å². The fourth-order valence-electron chi connectivity index (χ4n) is 6.24. The van der Waals surface area contributed by atoms with Gasteiger partial charge in [0.2, 0.25) is 11.8 Å². The van der Waals surface area contributed by atoms with E-state index in [9.17, 15) is 14.0 Å². The van der Waals surface area contributed by atoms with Crippen molar-refractivity contribution < 1.29 is 23.1 Å². The van der Waals surface area contributed by atoms with Crippen LogP contribution in [0.1, 0.15) is 73.8 Å². The molecule has 7 rings (SSSR count). The lowest BCUT2D eigenvalue weighted by molar-refractivity contribution is 0.0778.